The molecule has 0 saturated carbocycles. The summed E-state index contributed by atoms with van der Waals surface area (Å²) in [6.45, 7) is 4.19. The van der Waals surface area contributed by atoms with E-state index in [0.717, 1.165) is 26.6 Å². The van der Waals surface area contributed by atoms with E-state index in [1.807, 2.05) is 140 Å². The Labute approximate surface area is 262 Å². The van der Waals surface area contributed by atoms with Crippen LogP contribution in [0.3, 0.4) is 0 Å². The zero-order valence-corrected chi connectivity index (χ0v) is 25.5. The molecule has 1 unspecified atom stereocenters. The van der Waals surface area contributed by atoms with Crippen molar-refractivity contribution in [2.24, 2.45) is 0 Å². The molecule has 0 aliphatic carbocycles. The van der Waals surface area contributed by atoms with Gasteiger partial charge in [-0.2, -0.15) is 0 Å². The van der Waals surface area contributed by atoms with Gasteiger partial charge in [0.1, 0.15) is 5.75 Å². The smallest absolute Gasteiger partial charge is 0.326 e. The van der Waals surface area contributed by atoms with Gasteiger partial charge in [-0.05, 0) is 79.6 Å². The Morgan fingerprint density at radius 2 is 1.45 bits per heavy atom. The Kier molecular flexibility index (Phi) is 10.3. The first kappa shape index (κ1) is 30.4. The molecule has 5 rings (SSSR count). The fourth-order valence-corrected chi connectivity index (χ4v) is 5.60. The number of hydrogen-bond donors (Lipinski definition) is 1. The van der Waals surface area contributed by atoms with Crippen LogP contribution in [0.25, 0.3) is 0 Å². The van der Waals surface area contributed by atoms with Gasteiger partial charge >= 0.3 is 12.0 Å². The molecule has 1 N–H and O–H groups in total. The van der Waals surface area contributed by atoms with Crippen LogP contribution >= 0.6 is 11.8 Å². The molecule has 6 nitrogen and oxygen atoms in total. The summed E-state index contributed by atoms with van der Waals surface area (Å²) in [5, 5.41) is 3.10. The highest BCUT2D eigenvalue weighted by Crippen LogP contribution is 2.35. The molecule has 0 saturated heterocycles. The highest BCUT2D eigenvalue weighted by atomic mass is 32.2. The summed E-state index contributed by atoms with van der Waals surface area (Å²) >= 11 is 1.59. The van der Waals surface area contributed by atoms with E-state index in [0.29, 0.717) is 23.8 Å². The number of nitrogens with zero attached hydrogens (tertiary/aromatic N) is 1. The molecule has 0 spiro atoms. The van der Waals surface area contributed by atoms with E-state index in [-0.39, 0.29) is 24.5 Å². The standard InChI is InChI=1S/C37H34N2O4S/c1-3-42-36(40)25-28-21-23-32(24-22-28)44-33-18-12-15-30(26-33)39(27(2)29-13-6-4-7-14-29)37(41)38-34-19-10-11-20-35(34)43-31-16-8-5-9-17-31/h4-24,26-27H,3,25H2,1-2H3,(H,38,41). The third-order valence-electron chi connectivity index (χ3n) is 6.90. The quantitative estimate of drug-likeness (QED) is 0.153. The van der Waals surface area contributed by atoms with Crippen LogP contribution in [0.1, 0.15) is 31.0 Å². The molecule has 2 amide bonds. The Hall–Kier alpha value is -5.01. The molecule has 0 aliphatic rings. The highest BCUT2D eigenvalue weighted by molar-refractivity contribution is 7.99. The summed E-state index contributed by atoms with van der Waals surface area (Å²) in [6.07, 6.45) is 0.245. The molecule has 0 bridgehead atoms. The molecule has 0 heterocycles. The van der Waals surface area contributed by atoms with Gasteiger partial charge in [-0.3, -0.25) is 9.69 Å². The van der Waals surface area contributed by atoms with Crippen LogP contribution < -0.4 is 15.0 Å². The van der Waals surface area contributed by atoms with Gasteiger partial charge in [-0.25, -0.2) is 4.79 Å². The summed E-state index contributed by atoms with van der Waals surface area (Å²) < 4.78 is 11.2. The maximum absolute atomic E-state index is 14.1. The lowest BCUT2D eigenvalue weighted by atomic mass is 10.1. The number of urea groups is 1. The van der Waals surface area contributed by atoms with Gasteiger partial charge in [0.15, 0.2) is 5.75 Å². The molecule has 0 radical (unpaired) electrons. The number of benzene rings is 5. The first-order chi connectivity index (χ1) is 21.5. The number of anilines is 2. The van der Waals surface area contributed by atoms with Crippen molar-refractivity contribution in [3.05, 3.63) is 145 Å². The van der Waals surface area contributed by atoms with E-state index in [1.165, 1.54) is 0 Å². The van der Waals surface area contributed by atoms with Gasteiger partial charge in [-0.1, -0.05) is 90.6 Å². The predicted molar refractivity (Wildman–Crippen MR) is 177 cm³/mol. The minimum Gasteiger partial charge on any atom is -0.466 e. The van der Waals surface area contributed by atoms with Crippen molar-refractivity contribution in [1.82, 2.24) is 0 Å². The topological polar surface area (TPSA) is 67.9 Å². The first-order valence-corrected chi connectivity index (χ1v) is 15.3. The second kappa shape index (κ2) is 14.9. The molecular formula is C37H34N2O4S. The molecule has 7 heteroatoms. The molecule has 1 atom stereocenters. The number of amides is 2. The molecule has 0 aromatic heterocycles. The normalized spacial score (nSPS) is 11.3. The van der Waals surface area contributed by atoms with Crippen molar-refractivity contribution >= 4 is 35.1 Å². The molecular weight excluding hydrogens is 568 g/mol. The number of carbonyl (C=O) groups excluding carboxylic acids is 2. The predicted octanol–water partition coefficient (Wildman–Crippen LogP) is 9.54. The van der Waals surface area contributed by atoms with E-state index in [1.54, 1.807) is 23.6 Å². The Morgan fingerprint density at radius 1 is 0.773 bits per heavy atom. The molecule has 5 aromatic carbocycles. The number of rotatable bonds is 11. The van der Waals surface area contributed by atoms with Crippen LogP contribution in [-0.4, -0.2) is 18.6 Å². The fourth-order valence-electron chi connectivity index (χ4n) is 4.73. The number of hydrogen-bond acceptors (Lipinski definition) is 5. The van der Waals surface area contributed by atoms with Crippen molar-refractivity contribution in [3.8, 4) is 11.5 Å². The zero-order valence-electron chi connectivity index (χ0n) is 24.7. The Morgan fingerprint density at radius 3 is 2.18 bits per heavy atom. The largest absolute Gasteiger partial charge is 0.466 e. The van der Waals surface area contributed by atoms with Gasteiger partial charge in [0.05, 0.1) is 24.8 Å². The van der Waals surface area contributed by atoms with E-state index in [2.05, 4.69) is 5.32 Å². The summed E-state index contributed by atoms with van der Waals surface area (Å²) in [4.78, 5) is 29.7. The van der Waals surface area contributed by atoms with Crippen molar-refractivity contribution in [2.75, 3.05) is 16.8 Å². The van der Waals surface area contributed by atoms with E-state index >= 15 is 0 Å². The summed E-state index contributed by atoms with van der Waals surface area (Å²) in [5.41, 5.74) is 3.23. The van der Waals surface area contributed by atoms with Gasteiger partial charge in [0, 0.05) is 15.5 Å². The van der Waals surface area contributed by atoms with Gasteiger partial charge in [0.25, 0.3) is 0 Å². The van der Waals surface area contributed by atoms with E-state index in [9.17, 15) is 9.59 Å². The van der Waals surface area contributed by atoms with Crippen LogP contribution in [0.2, 0.25) is 0 Å². The third-order valence-corrected chi connectivity index (χ3v) is 7.89. The lowest BCUT2D eigenvalue weighted by Crippen LogP contribution is -2.37. The minimum atomic E-state index is -0.282. The third kappa shape index (κ3) is 8.08. The SMILES string of the molecule is CCOC(=O)Cc1ccc(Sc2cccc(N(C(=O)Nc3ccccc3Oc3ccccc3)C(C)c3ccccc3)c2)cc1. The Bertz CT molecular complexity index is 1680. The fraction of sp³-hybridized carbons (Fsp3) is 0.135. The summed E-state index contributed by atoms with van der Waals surface area (Å²) in [5.74, 6) is 0.998. The number of ether oxygens (including phenoxy) is 2. The van der Waals surface area contributed by atoms with Crippen LogP contribution in [-0.2, 0) is 16.0 Å². The van der Waals surface area contributed by atoms with Crippen LogP contribution in [0, 0.1) is 0 Å². The number of para-hydroxylation sites is 3. The van der Waals surface area contributed by atoms with Gasteiger partial charge in [0.2, 0.25) is 0 Å². The minimum absolute atomic E-state index is 0.235. The summed E-state index contributed by atoms with van der Waals surface area (Å²) in [6, 6.07) is 42.1. The van der Waals surface area contributed by atoms with Crippen molar-refractivity contribution < 1.29 is 19.1 Å². The molecule has 0 aliphatic heterocycles. The summed E-state index contributed by atoms with van der Waals surface area (Å²) in [7, 11) is 0. The number of carbonyl (C=O) groups is 2. The average Bonchev–Trinajstić information content (AvgIpc) is 3.04. The number of nitrogens with one attached hydrogen (secondary N) is 1. The van der Waals surface area contributed by atoms with E-state index in [4.69, 9.17) is 9.47 Å². The second-order valence-electron chi connectivity index (χ2n) is 10.0. The molecule has 44 heavy (non-hydrogen) atoms. The van der Waals surface area contributed by atoms with E-state index < -0.39 is 0 Å². The lowest BCUT2D eigenvalue weighted by molar-refractivity contribution is -0.142. The van der Waals surface area contributed by atoms with Crippen molar-refractivity contribution in [3.63, 3.8) is 0 Å². The van der Waals surface area contributed by atoms with Crippen LogP contribution in [0.5, 0.6) is 11.5 Å². The van der Waals surface area contributed by atoms with Gasteiger partial charge < -0.3 is 14.8 Å². The zero-order chi connectivity index (χ0) is 30.7. The van der Waals surface area contributed by atoms with Crippen molar-refractivity contribution in [1.29, 1.82) is 0 Å². The van der Waals surface area contributed by atoms with Crippen LogP contribution in [0.4, 0.5) is 16.2 Å². The molecule has 0 fully saturated rings. The van der Waals surface area contributed by atoms with Crippen molar-refractivity contribution in [2.45, 2.75) is 36.1 Å². The molecule has 5 aromatic rings. The average molecular weight is 603 g/mol. The lowest BCUT2D eigenvalue weighted by Gasteiger charge is -2.30. The van der Waals surface area contributed by atoms with Gasteiger partial charge in [-0.15, -0.1) is 0 Å². The first-order valence-electron chi connectivity index (χ1n) is 14.5. The highest BCUT2D eigenvalue weighted by Gasteiger charge is 2.25. The molecule has 222 valence electrons. The number of esters is 1. The maximum Gasteiger partial charge on any atom is 0.326 e. The maximum atomic E-state index is 14.1. The monoisotopic (exact) mass is 602 g/mol. The second-order valence-corrected chi connectivity index (χ2v) is 11.2. The Balaban J connectivity index is 1.40. The van der Waals surface area contributed by atoms with Crippen LogP contribution in [0.15, 0.2) is 143 Å².